The van der Waals surface area contributed by atoms with Crippen molar-refractivity contribution in [2.45, 2.75) is 57.1 Å². The second kappa shape index (κ2) is 13.7. The quantitative estimate of drug-likeness (QED) is 0.236. The number of hydrogen-bond acceptors (Lipinski definition) is 9. The fraction of sp³-hybridized carbons (Fsp3) is 0.379. The van der Waals surface area contributed by atoms with Crippen LogP contribution in [0.4, 0.5) is 5.69 Å². The first-order valence-electron chi connectivity index (χ1n) is 13.1. The summed E-state index contributed by atoms with van der Waals surface area (Å²) in [5.74, 6) is -2.01. The van der Waals surface area contributed by atoms with E-state index in [4.69, 9.17) is 14.3 Å². The van der Waals surface area contributed by atoms with Crippen molar-refractivity contribution < 1.29 is 37.1 Å². The number of fused-ring (bicyclic) bond motifs is 1. The van der Waals surface area contributed by atoms with Crippen molar-refractivity contribution in [3.63, 3.8) is 0 Å². The lowest BCUT2D eigenvalue weighted by molar-refractivity contribution is -0.172. The maximum atomic E-state index is 13.6. The second-order valence-corrected chi connectivity index (χ2v) is 12.1. The molecule has 0 spiro atoms. The van der Waals surface area contributed by atoms with Crippen LogP contribution in [-0.2, 0) is 40.4 Å². The molecule has 1 unspecified atom stereocenters. The van der Waals surface area contributed by atoms with E-state index in [-0.39, 0.29) is 23.2 Å². The fourth-order valence-corrected chi connectivity index (χ4v) is 5.29. The lowest BCUT2D eigenvalue weighted by Gasteiger charge is -2.25. The molecule has 0 saturated heterocycles. The summed E-state index contributed by atoms with van der Waals surface area (Å²) in [6, 6.07) is 11.9. The molecular weight excluding hydrogens is 564 g/mol. The van der Waals surface area contributed by atoms with Gasteiger partial charge in [0.05, 0.1) is 25.7 Å². The zero-order valence-electron chi connectivity index (χ0n) is 24.5. The lowest BCUT2D eigenvalue weighted by Crippen LogP contribution is -2.47. The van der Waals surface area contributed by atoms with Gasteiger partial charge in [-0.1, -0.05) is 18.2 Å². The zero-order chi connectivity index (χ0) is 31.1. The number of sulfonamides is 1. The molecule has 0 radical (unpaired) electrons. The van der Waals surface area contributed by atoms with Crippen molar-refractivity contribution in [1.29, 1.82) is 0 Å². The topological polar surface area (TPSA) is 153 Å². The van der Waals surface area contributed by atoms with E-state index >= 15 is 0 Å². The van der Waals surface area contributed by atoms with Crippen LogP contribution in [0.2, 0.25) is 0 Å². The molecule has 1 atom stereocenters. The summed E-state index contributed by atoms with van der Waals surface area (Å²) < 4.78 is 40.9. The van der Waals surface area contributed by atoms with Crippen molar-refractivity contribution in [1.82, 2.24) is 14.8 Å². The third-order valence-corrected chi connectivity index (χ3v) is 7.42. The molecule has 3 rings (SSSR count). The highest BCUT2D eigenvalue weighted by atomic mass is 32.2. The Kier molecular flexibility index (Phi) is 10.6. The van der Waals surface area contributed by atoms with Gasteiger partial charge in [0.25, 0.3) is 0 Å². The highest BCUT2D eigenvalue weighted by Gasteiger charge is 2.34. The molecule has 0 bridgehead atoms. The summed E-state index contributed by atoms with van der Waals surface area (Å²) in [5.41, 5.74) is 1.14. The first-order valence-corrected chi connectivity index (χ1v) is 14.6. The Morgan fingerprint density at radius 3 is 2.48 bits per heavy atom. The molecule has 2 N–H and O–H groups in total. The zero-order valence-corrected chi connectivity index (χ0v) is 25.3. The van der Waals surface area contributed by atoms with Crippen molar-refractivity contribution in [3.05, 3.63) is 60.3 Å². The molecule has 13 heteroatoms. The fourth-order valence-electron chi connectivity index (χ4n) is 3.98. The summed E-state index contributed by atoms with van der Waals surface area (Å²) in [4.78, 5) is 46.1. The van der Waals surface area contributed by atoms with Crippen molar-refractivity contribution in [2.24, 2.45) is 0 Å². The number of pyridine rings is 1. The largest absolute Gasteiger partial charge is 0.492 e. The van der Waals surface area contributed by atoms with Crippen LogP contribution in [0.25, 0.3) is 10.9 Å². The van der Waals surface area contributed by atoms with E-state index in [2.05, 4.69) is 15.0 Å². The summed E-state index contributed by atoms with van der Waals surface area (Å²) >= 11 is 0. The number of hydroxylamine groups is 2. The van der Waals surface area contributed by atoms with E-state index in [1.165, 1.54) is 39.3 Å². The van der Waals surface area contributed by atoms with Gasteiger partial charge in [0.1, 0.15) is 22.3 Å². The van der Waals surface area contributed by atoms with Crippen LogP contribution in [0.1, 0.15) is 39.7 Å². The molecule has 0 aliphatic heterocycles. The number of anilines is 1. The number of nitrogens with zero attached hydrogens (tertiary/aromatic N) is 2. The third kappa shape index (κ3) is 8.96. The number of esters is 1. The predicted octanol–water partition coefficient (Wildman–Crippen LogP) is 3.21. The van der Waals surface area contributed by atoms with Gasteiger partial charge in [0.2, 0.25) is 21.8 Å². The number of rotatable bonds is 12. The van der Waals surface area contributed by atoms with Crippen LogP contribution in [0.15, 0.2) is 59.6 Å². The Morgan fingerprint density at radius 1 is 1.07 bits per heavy atom. The van der Waals surface area contributed by atoms with E-state index in [1.54, 1.807) is 27.0 Å². The van der Waals surface area contributed by atoms with E-state index in [1.807, 2.05) is 30.3 Å². The van der Waals surface area contributed by atoms with E-state index in [9.17, 15) is 22.8 Å². The molecule has 2 aromatic carbocycles. The number of benzene rings is 2. The minimum Gasteiger partial charge on any atom is -0.492 e. The van der Waals surface area contributed by atoms with E-state index in [0.29, 0.717) is 12.1 Å². The molecule has 226 valence electrons. The summed E-state index contributed by atoms with van der Waals surface area (Å²) in [6.07, 6.45) is 1.57. The van der Waals surface area contributed by atoms with Crippen molar-refractivity contribution >= 4 is 44.4 Å². The Morgan fingerprint density at radius 2 is 1.81 bits per heavy atom. The summed E-state index contributed by atoms with van der Waals surface area (Å²) in [6.45, 7) is 6.28. The predicted molar refractivity (Wildman–Crippen MR) is 156 cm³/mol. The number of ether oxygens (including phenoxy) is 2. The number of carbonyl (C=O) groups excluding carboxylic acids is 3. The normalized spacial score (nSPS) is 12.4. The Labute approximate surface area is 245 Å². The Bertz CT molecular complexity index is 1550. The maximum absolute atomic E-state index is 13.6. The molecule has 0 aliphatic rings. The van der Waals surface area contributed by atoms with Gasteiger partial charge in [-0.25, -0.2) is 13.5 Å². The molecule has 0 saturated carbocycles. The van der Waals surface area contributed by atoms with Crippen LogP contribution >= 0.6 is 0 Å². The molecule has 2 amide bonds. The number of aromatic nitrogens is 1. The summed E-state index contributed by atoms with van der Waals surface area (Å²) in [7, 11) is -1.86. The lowest BCUT2D eigenvalue weighted by atomic mass is 10.1. The van der Waals surface area contributed by atoms with Gasteiger partial charge in [-0.05, 0) is 50.6 Å². The first kappa shape index (κ1) is 32.4. The monoisotopic (exact) mass is 600 g/mol. The van der Waals surface area contributed by atoms with E-state index < -0.39 is 40.0 Å². The van der Waals surface area contributed by atoms with Gasteiger partial charge >= 0.3 is 5.97 Å². The second-order valence-electron chi connectivity index (χ2n) is 10.4. The van der Waals surface area contributed by atoms with Crippen LogP contribution in [0, 0.1) is 0 Å². The van der Waals surface area contributed by atoms with Crippen LogP contribution in [0.3, 0.4) is 0 Å². The molecule has 0 fully saturated rings. The number of amides is 2. The minimum atomic E-state index is -4.45. The van der Waals surface area contributed by atoms with Gasteiger partial charge in [-0.2, -0.15) is 4.72 Å². The Hall–Kier alpha value is -4.07. The average molecular weight is 601 g/mol. The van der Waals surface area contributed by atoms with Crippen LogP contribution in [0.5, 0.6) is 5.75 Å². The van der Waals surface area contributed by atoms with Crippen LogP contribution in [-0.4, -0.2) is 68.7 Å². The number of carbonyl (C=O) groups is 3. The van der Waals surface area contributed by atoms with Gasteiger partial charge in [0.15, 0.2) is 0 Å². The molecule has 42 heavy (non-hydrogen) atoms. The van der Waals surface area contributed by atoms with Gasteiger partial charge in [-0.3, -0.25) is 24.2 Å². The molecule has 12 nitrogen and oxygen atoms in total. The smallest absolute Gasteiger partial charge is 0.325 e. The van der Waals surface area contributed by atoms with Crippen molar-refractivity contribution in [3.8, 4) is 5.75 Å². The molecule has 1 aromatic heterocycles. The van der Waals surface area contributed by atoms with Crippen molar-refractivity contribution in [2.75, 3.05) is 26.1 Å². The number of hydrogen-bond donors (Lipinski definition) is 2. The highest BCUT2D eigenvalue weighted by Crippen LogP contribution is 2.29. The summed E-state index contributed by atoms with van der Waals surface area (Å²) in [5, 5.41) is 4.43. The van der Waals surface area contributed by atoms with Gasteiger partial charge in [0, 0.05) is 43.7 Å². The average Bonchev–Trinajstić information content (AvgIpc) is 2.91. The molecule has 1 heterocycles. The van der Waals surface area contributed by atoms with Gasteiger partial charge in [-0.15, -0.1) is 0 Å². The first-order chi connectivity index (χ1) is 19.7. The Balaban J connectivity index is 1.92. The SMILES string of the molecule is CON(C)C(=O)CC(NS(=O)(=O)c1ccc(NC(C)=O)cc1OCCc1cccc2ncccc12)C(=O)OC(C)(C)C. The van der Waals surface area contributed by atoms with Crippen LogP contribution < -0.4 is 14.8 Å². The van der Waals surface area contributed by atoms with Gasteiger partial charge < -0.3 is 14.8 Å². The number of nitrogens with one attached hydrogen (secondary N) is 2. The maximum Gasteiger partial charge on any atom is 0.325 e. The molecule has 3 aromatic rings. The standard InChI is InChI=1S/C29H36N4O8S/c1-19(34)31-21-12-13-26(25(17-21)40-16-14-20-9-7-11-23-22(20)10-8-15-30-23)42(37,38)32-24(18-27(35)33(5)39-6)28(36)41-29(2,3)4/h7-13,15,17,24,32H,14,16,18H2,1-6H3,(H,31,34). The molecular formula is C29H36N4O8S. The third-order valence-electron chi connectivity index (χ3n) is 5.91. The van der Waals surface area contributed by atoms with E-state index in [0.717, 1.165) is 21.5 Å². The minimum absolute atomic E-state index is 0.0598. The highest BCUT2D eigenvalue weighted by molar-refractivity contribution is 7.89. The molecule has 0 aliphatic carbocycles.